The first kappa shape index (κ1) is 13.5. The van der Waals surface area contributed by atoms with Gasteiger partial charge in [-0.1, -0.05) is 60.7 Å². The number of hydrogen-bond donors (Lipinski definition) is 0. The minimum absolute atomic E-state index is 0.214. The van der Waals surface area contributed by atoms with Crippen LogP contribution in [0.1, 0.15) is 17.3 Å². The van der Waals surface area contributed by atoms with E-state index >= 15 is 0 Å². The van der Waals surface area contributed by atoms with E-state index in [1.54, 1.807) is 6.08 Å². The smallest absolute Gasteiger partial charge is 0.275 e. The topological polar surface area (TPSA) is 48.1 Å². The van der Waals surface area contributed by atoms with Gasteiger partial charge in [-0.15, -0.1) is 0 Å². The number of aromatic nitrogens is 1. The predicted octanol–water partition coefficient (Wildman–Crippen LogP) is 4.38. The third-order valence-corrected chi connectivity index (χ3v) is 4.17. The Labute approximate surface area is 133 Å². The molecule has 4 nitrogen and oxygen atoms in total. The minimum Gasteiger partial charge on any atom is -0.329 e. The summed E-state index contributed by atoms with van der Waals surface area (Å²) in [6.45, 7) is 0. The molecule has 4 rings (SSSR count). The van der Waals surface area contributed by atoms with Crippen LogP contribution in [0.5, 0.6) is 0 Å². The molecule has 0 amide bonds. The first-order chi connectivity index (χ1) is 11.2. The van der Waals surface area contributed by atoms with Gasteiger partial charge in [0.25, 0.3) is 5.70 Å². The number of nitrogens with zero attached hydrogens (tertiary/aromatic N) is 2. The van der Waals surface area contributed by atoms with E-state index in [1.165, 1.54) is 0 Å². The van der Waals surface area contributed by atoms with Crippen LogP contribution in [0.2, 0.25) is 0 Å². The van der Waals surface area contributed by atoms with Crippen LogP contribution in [0.3, 0.4) is 0 Å². The van der Waals surface area contributed by atoms with Crippen LogP contribution in [-0.4, -0.2) is 9.49 Å². The van der Waals surface area contributed by atoms with Crippen molar-refractivity contribution in [2.75, 3.05) is 0 Å². The lowest BCUT2D eigenvalue weighted by atomic mass is 10.0. The molecule has 2 heterocycles. The first-order valence-electron chi connectivity index (χ1n) is 7.42. The third-order valence-electron chi connectivity index (χ3n) is 4.17. The Kier molecular flexibility index (Phi) is 3.08. The fraction of sp³-hybridized carbons (Fsp3) is 0.0526. The Morgan fingerprint density at radius 3 is 2.22 bits per heavy atom. The van der Waals surface area contributed by atoms with Gasteiger partial charge in [0.2, 0.25) is 0 Å². The molecule has 0 spiro atoms. The zero-order chi connectivity index (χ0) is 15.8. The quantitative estimate of drug-likeness (QED) is 0.532. The van der Waals surface area contributed by atoms with Gasteiger partial charge in [-0.2, -0.15) is 0 Å². The number of hydrogen-bond acceptors (Lipinski definition) is 2. The van der Waals surface area contributed by atoms with E-state index in [0.29, 0.717) is 0 Å². The number of rotatable bonds is 3. The number of fused-ring (bicyclic) bond motifs is 1. The third kappa shape index (κ3) is 2.25. The van der Waals surface area contributed by atoms with E-state index < -0.39 is 0 Å². The molecule has 1 aliphatic heterocycles. The van der Waals surface area contributed by atoms with Gasteiger partial charge in [0.15, 0.2) is 0 Å². The van der Waals surface area contributed by atoms with Crippen molar-refractivity contribution in [1.29, 1.82) is 0 Å². The highest BCUT2D eigenvalue weighted by Crippen LogP contribution is 2.38. The molecule has 3 aromatic rings. The molecule has 1 aliphatic rings. The molecule has 1 atom stereocenters. The number of nitro groups is 1. The molecule has 112 valence electrons. The van der Waals surface area contributed by atoms with Crippen LogP contribution in [0, 0.1) is 10.1 Å². The average Bonchev–Trinajstić information content (AvgIpc) is 3.14. The molecule has 0 fully saturated rings. The maximum absolute atomic E-state index is 11.4. The monoisotopic (exact) mass is 302 g/mol. The van der Waals surface area contributed by atoms with Crippen LogP contribution < -0.4 is 0 Å². The molecule has 0 N–H and O–H groups in total. The normalized spacial score (nSPS) is 16.0. The Hall–Kier alpha value is -3.14. The molecule has 4 heteroatoms. The molecule has 0 unspecified atom stereocenters. The Bertz CT molecular complexity index is 896. The molecule has 0 bridgehead atoms. The van der Waals surface area contributed by atoms with Crippen molar-refractivity contribution in [2.45, 2.75) is 6.04 Å². The average molecular weight is 302 g/mol. The fourth-order valence-electron chi connectivity index (χ4n) is 3.12. The second kappa shape index (κ2) is 5.25. The lowest BCUT2D eigenvalue weighted by Gasteiger charge is -2.13. The van der Waals surface area contributed by atoms with Gasteiger partial charge in [0.1, 0.15) is 6.04 Å². The van der Waals surface area contributed by atoms with E-state index in [0.717, 1.165) is 22.4 Å². The Morgan fingerprint density at radius 1 is 0.913 bits per heavy atom. The molecule has 0 radical (unpaired) electrons. The number of benzene rings is 2. The summed E-state index contributed by atoms with van der Waals surface area (Å²) in [4.78, 5) is 11.1. The van der Waals surface area contributed by atoms with Crippen molar-refractivity contribution in [3.8, 4) is 11.1 Å². The molecule has 2 aromatic carbocycles. The van der Waals surface area contributed by atoms with Crippen LogP contribution in [0.25, 0.3) is 17.2 Å². The van der Waals surface area contributed by atoms with Gasteiger partial charge >= 0.3 is 0 Å². The summed E-state index contributed by atoms with van der Waals surface area (Å²) < 4.78 is 1.98. The maximum atomic E-state index is 11.4. The van der Waals surface area contributed by atoms with Crippen LogP contribution in [0.4, 0.5) is 0 Å². The van der Waals surface area contributed by atoms with Gasteiger partial charge in [0.05, 0.1) is 4.92 Å². The van der Waals surface area contributed by atoms with Gasteiger partial charge in [0, 0.05) is 18.0 Å². The van der Waals surface area contributed by atoms with E-state index in [-0.39, 0.29) is 16.7 Å². The van der Waals surface area contributed by atoms with Crippen LogP contribution >= 0.6 is 0 Å². The van der Waals surface area contributed by atoms with E-state index in [2.05, 4.69) is 0 Å². The summed E-state index contributed by atoms with van der Waals surface area (Å²) in [5.41, 5.74) is 4.18. The molecular weight excluding hydrogens is 288 g/mol. The highest BCUT2D eigenvalue weighted by atomic mass is 16.6. The zero-order valence-electron chi connectivity index (χ0n) is 12.3. The molecule has 1 aromatic heterocycles. The second-order valence-corrected chi connectivity index (χ2v) is 5.57. The summed E-state index contributed by atoms with van der Waals surface area (Å²) in [6, 6.07) is 21.3. The van der Waals surface area contributed by atoms with E-state index in [4.69, 9.17) is 0 Å². The molecular formula is C19H14N2O2. The molecule has 23 heavy (non-hydrogen) atoms. The van der Waals surface area contributed by atoms with E-state index in [1.807, 2.05) is 77.5 Å². The first-order valence-corrected chi connectivity index (χ1v) is 7.42. The van der Waals surface area contributed by atoms with Crippen molar-refractivity contribution in [3.05, 3.63) is 100.0 Å². The molecule has 0 saturated heterocycles. The van der Waals surface area contributed by atoms with Gasteiger partial charge in [-0.25, -0.2) is 0 Å². The van der Waals surface area contributed by atoms with Crippen LogP contribution in [0.15, 0.2) is 78.6 Å². The summed E-state index contributed by atoms with van der Waals surface area (Å²) in [7, 11) is 0. The summed E-state index contributed by atoms with van der Waals surface area (Å²) in [6.07, 6.45) is 3.67. The van der Waals surface area contributed by atoms with Crippen molar-refractivity contribution >= 4 is 6.08 Å². The maximum Gasteiger partial charge on any atom is 0.275 e. The van der Waals surface area contributed by atoms with Crippen molar-refractivity contribution in [2.24, 2.45) is 0 Å². The van der Waals surface area contributed by atoms with Crippen molar-refractivity contribution < 1.29 is 4.92 Å². The standard InChI is InChI=1S/C19H14N2O2/c22-21(23)18-12-17-11-16(14-7-3-1-4-8-14)13-20(17)19(18)15-9-5-2-6-10-15/h1-13,19H/t19-/m1/s1. The van der Waals surface area contributed by atoms with Crippen molar-refractivity contribution in [1.82, 2.24) is 4.57 Å². The SMILES string of the molecule is O=[N+]([O-])C1=Cc2cc(-c3ccccc3)cn2[C@@H]1c1ccccc1. The molecule has 0 aliphatic carbocycles. The summed E-state index contributed by atoms with van der Waals surface area (Å²) in [5, 5.41) is 11.4. The lowest BCUT2D eigenvalue weighted by molar-refractivity contribution is -0.428. The second-order valence-electron chi connectivity index (χ2n) is 5.57. The highest BCUT2D eigenvalue weighted by Gasteiger charge is 2.35. The van der Waals surface area contributed by atoms with Crippen molar-refractivity contribution in [3.63, 3.8) is 0 Å². The van der Waals surface area contributed by atoms with E-state index in [9.17, 15) is 10.1 Å². The Balaban J connectivity index is 1.84. The molecule has 0 saturated carbocycles. The minimum atomic E-state index is -0.376. The van der Waals surface area contributed by atoms with Gasteiger partial charge in [-0.3, -0.25) is 10.1 Å². The fourth-order valence-corrected chi connectivity index (χ4v) is 3.12. The van der Waals surface area contributed by atoms with Gasteiger partial charge in [-0.05, 0) is 22.8 Å². The highest BCUT2D eigenvalue weighted by molar-refractivity contribution is 5.69. The van der Waals surface area contributed by atoms with Gasteiger partial charge < -0.3 is 4.57 Å². The number of allylic oxidation sites excluding steroid dienone is 1. The largest absolute Gasteiger partial charge is 0.329 e. The predicted molar refractivity (Wildman–Crippen MR) is 89.4 cm³/mol. The van der Waals surface area contributed by atoms with Crippen LogP contribution in [-0.2, 0) is 0 Å². The zero-order valence-corrected chi connectivity index (χ0v) is 12.3. The lowest BCUT2D eigenvalue weighted by Crippen LogP contribution is -2.13. The summed E-state index contributed by atoms with van der Waals surface area (Å²) >= 11 is 0. The Morgan fingerprint density at radius 2 is 1.57 bits per heavy atom. The summed E-state index contributed by atoms with van der Waals surface area (Å²) in [5.74, 6) is 0.